The molecular formula is C11H20N2O3. The highest BCUT2D eigenvalue weighted by molar-refractivity contribution is 5.83. The van der Waals surface area contributed by atoms with Crippen LogP contribution in [0.1, 0.15) is 33.1 Å². The molecule has 5 heteroatoms. The molecule has 0 aromatic carbocycles. The van der Waals surface area contributed by atoms with Crippen LogP contribution in [0.25, 0.3) is 0 Å². The van der Waals surface area contributed by atoms with E-state index in [0.717, 1.165) is 0 Å². The first kappa shape index (κ1) is 13.0. The maximum Gasteiger partial charge on any atom is 0.325 e. The SMILES string of the molecule is COC(=O)C1(N)CC(NC(=O)CC(C)C)C1. The van der Waals surface area contributed by atoms with E-state index in [9.17, 15) is 9.59 Å². The summed E-state index contributed by atoms with van der Waals surface area (Å²) in [5, 5.41) is 2.86. The lowest BCUT2D eigenvalue weighted by Crippen LogP contribution is -2.64. The van der Waals surface area contributed by atoms with Gasteiger partial charge in [0.1, 0.15) is 5.54 Å². The van der Waals surface area contributed by atoms with Gasteiger partial charge in [-0.3, -0.25) is 9.59 Å². The average molecular weight is 228 g/mol. The Kier molecular flexibility index (Phi) is 3.91. The standard InChI is InChI=1S/C11H20N2O3/c1-7(2)4-9(14)13-8-5-11(12,6-8)10(15)16-3/h7-8H,4-6,12H2,1-3H3,(H,13,14). The van der Waals surface area contributed by atoms with Crippen LogP contribution in [0.4, 0.5) is 0 Å². The largest absolute Gasteiger partial charge is 0.468 e. The molecule has 1 aliphatic carbocycles. The summed E-state index contributed by atoms with van der Waals surface area (Å²) in [7, 11) is 1.32. The van der Waals surface area contributed by atoms with Gasteiger partial charge in [-0.2, -0.15) is 0 Å². The van der Waals surface area contributed by atoms with Gasteiger partial charge in [0, 0.05) is 12.5 Å². The molecule has 3 N–H and O–H groups in total. The highest BCUT2D eigenvalue weighted by Crippen LogP contribution is 2.31. The molecule has 1 rings (SSSR count). The first-order valence-corrected chi connectivity index (χ1v) is 5.54. The van der Waals surface area contributed by atoms with Gasteiger partial charge >= 0.3 is 5.97 Å². The Morgan fingerprint density at radius 2 is 2.06 bits per heavy atom. The summed E-state index contributed by atoms with van der Waals surface area (Å²) in [6.45, 7) is 3.98. The Labute approximate surface area is 95.7 Å². The fraction of sp³-hybridized carbons (Fsp3) is 0.818. The van der Waals surface area contributed by atoms with Crippen molar-refractivity contribution in [3.8, 4) is 0 Å². The zero-order chi connectivity index (χ0) is 12.3. The molecule has 0 spiro atoms. The molecule has 16 heavy (non-hydrogen) atoms. The van der Waals surface area contributed by atoms with Crippen molar-refractivity contribution >= 4 is 11.9 Å². The van der Waals surface area contributed by atoms with Crippen LogP contribution in [0.5, 0.6) is 0 Å². The second-order valence-corrected chi connectivity index (χ2v) is 4.92. The third-order valence-electron chi connectivity index (χ3n) is 2.77. The summed E-state index contributed by atoms with van der Waals surface area (Å²) in [5.74, 6) is -0.0444. The minimum absolute atomic E-state index is 0.00958. The Bertz CT molecular complexity index is 283. The smallest absolute Gasteiger partial charge is 0.325 e. The summed E-state index contributed by atoms with van der Waals surface area (Å²) in [5.41, 5.74) is 4.90. The first-order chi connectivity index (χ1) is 7.37. The number of carbonyl (C=O) groups is 2. The Morgan fingerprint density at radius 3 is 2.50 bits per heavy atom. The van der Waals surface area contributed by atoms with Gasteiger partial charge in [0.05, 0.1) is 7.11 Å². The highest BCUT2D eigenvalue weighted by Gasteiger charge is 2.48. The molecule has 5 nitrogen and oxygen atoms in total. The number of nitrogens with two attached hydrogens (primary N) is 1. The molecule has 1 fully saturated rings. The van der Waals surface area contributed by atoms with Crippen molar-refractivity contribution in [1.82, 2.24) is 5.32 Å². The van der Waals surface area contributed by atoms with Crippen molar-refractivity contribution in [3.63, 3.8) is 0 Å². The van der Waals surface area contributed by atoms with Gasteiger partial charge in [-0.1, -0.05) is 13.8 Å². The third kappa shape index (κ3) is 2.95. The summed E-state index contributed by atoms with van der Waals surface area (Å²) in [6, 6.07) is 0.00958. The van der Waals surface area contributed by atoms with Gasteiger partial charge in [-0.25, -0.2) is 0 Å². The topological polar surface area (TPSA) is 81.4 Å². The third-order valence-corrected chi connectivity index (χ3v) is 2.77. The maximum atomic E-state index is 11.4. The first-order valence-electron chi connectivity index (χ1n) is 5.54. The zero-order valence-corrected chi connectivity index (χ0v) is 10.1. The molecule has 0 saturated heterocycles. The van der Waals surface area contributed by atoms with Crippen molar-refractivity contribution in [1.29, 1.82) is 0 Å². The van der Waals surface area contributed by atoms with E-state index >= 15 is 0 Å². The van der Waals surface area contributed by atoms with Crippen molar-refractivity contribution in [2.75, 3.05) is 7.11 Å². The number of rotatable bonds is 4. The van der Waals surface area contributed by atoms with Crippen LogP contribution in [0.15, 0.2) is 0 Å². The lowest BCUT2D eigenvalue weighted by molar-refractivity contribution is -0.152. The van der Waals surface area contributed by atoms with E-state index in [0.29, 0.717) is 25.2 Å². The van der Waals surface area contributed by atoms with Crippen molar-refractivity contribution in [2.24, 2.45) is 11.7 Å². The molecule has 1 amide bonds. The number of amides is 1. The summed E-state index contributed by atoms with van der Waals surface area (Å²) < 4.78 is 4.60. The maximum absolute atomic E-state index is 11.4. The minimum Gasteiger partial charge on any atom is -0.468 e. The molecule has 0 atom stereocenters. The normalized spacial score (nSPS) is 28.4. The monoisotopic (exact) mass is 228 g/mol. The summed E-state index contributed by atoms with van der Waals surface area (Å²) in [6.07, 6.45) is 1.43. The quantitative estimate of drug-likeness (QED) is 0.673. The van der Waals surface area contributed by atoms with Gasteiger partial charge in [0.25, 0.3) is 0 Å². The van der Waals surface area contributed by atoms with Crippen LogP contribution in [0, 0.1) is 5.92 Å². The van der Waals surface area contributed by atoms with Crippen molar-refractivity contribution < 1.29 is 14.3 Å². The van der Waals surface area contributed by atoms with E-state index in [1.54, 1.807) is 0 Å². The van der Waals surface area contributed by atoms with Crippen LogP contribution in [0.3, 0.4) is 0 Å². The predicted octanol–water partition coefficient (Wildman–Crippen LogP) is 0.182. The summed E-state index contributed by atoms with van der Waals surface area (Å²) in [4.78, 5) is 22.7. The number of nitrogens with one attached hydrogen (secondary N) is 1. The zero-order valence-electron chi connectivity index (χ0n) is 10.1. The number of ether oxygens (including phenoxy) is 1. The van der Waals surface area contributed by atoms with E-state index in [-0.39, 0.29) is 11.9 Å². The molecular weight excluding hydrogens is 208 g/mol. The number of carbonyl (C=O) groups excluding carboxylic acids is 2. The molecule has 92 valence electrons. The molecule has 0 aliphatic heterocycles. The Balaban J connectivity index is 2.31. The van der Waals surface area contributed by atoms with Gasteiger partial charge in [0.2, 0.25) is 5.91 Å². The number of hydrogen-bond acceptors (Lipinski definition) is 4. The fourth-order valence-corrected chi connectivity index (χ4v) is 1.95. The highest BCUT2D eigenvalue weighted by atomic mass is 16.5. The molecule has 0 heterocycles. The minimum atomic E-state index is -0.898. The van der Waals surface area contributed by atoms with E-state index in [4.69, 9.17) is 5.73 Å². The summed E-state index contributed by atoms with van der Waals surface area (Å²) >= 11 is 0. The lowest BCUT2D eigenvalue weighted by atomic mass is 9.73. The fourth-order valence-electron chi connectivity index (χ4n) is 1.95. The Morgan fingerprint density at radius 1 is 1.50 bits per heavy atom. The molecule has 0 aromatic heterocycles. The molecule has 0 aromatic rings. The van der Waals surface area contributed by atoms with Crippen LogP contribution in [0.2, 0.25) is 0 Å². The molecule has 0 bridgehead atoms. The van der Waals surface area contributed by atoms with Crippen LogP contribution >= 0.6 is 0 Å². The second kappa shape index (κ2) is 4.82. The van der Waals surface area contributed by atoms with Crippen LogP contribution in [-0.2, 0) is 14.3 Å². The van der Waals surface area contributed by atoms with Gasteiger partial charge in [-0.05, 0) is 18.8 Å². The molecule has 1 aliphatic rings. The molecule has 0 unspecified atom stereocenters. The second-order valence-electron chi connectivity index (χ2n) is 4.92. The number of methoxy groups -OCH3 is 1. The average Bonchev–Trinajstić information content (AvgIpc) is 2.12. The number of esters is 1. The number of hydrogen-bond donors (Lipinski definition) is 2. The van der Waals surface area contributed by atoms with Gasteiger partial charge < -0.3 is 15.8 Å². The van der Waals surface area contributed by atoms with Gasteiger partial charge in [-0.15, -0.1) is 0 Å². The van der Waals surface area contributed by atoms with Crippen LogP contribution < -0.4 is 11.1 Å². The predicted molar refractivity (Wildman–Crippen MR) is 59.6 cm³/mol. The Hall–Kier alpha value is -1.10. The van der Waals surface area contributed by atoms with E-state index in [1.165, 1.54) is 7.11 Å². The van der Waals surface area contributed by atoms with Crippen molar-refractivity contribution in [3.05, 3.63) is 0 Å². The van der Waals surface area contributed by atoms with E-state index in [1.807, 2.05) is 13.8 Å². The van der Waals surface area contributed by atoms with E-state index < -0.39 is 11.5 Å². The molecule has 0 radical (unpaired) electrons. The van der Waals surface area contributed by atoms with Crippen LogP contribution in [-0.4, -0.2) is 30.6 Å². The molecule has 1 saturated carbocycles. The van der Waals surface area contributed by atoms with Crippen molar-refractivity contribution in [2.45, 2.75) is 44.7 Å². The lowest BCUT2D eigenvalue weighted by Gasteiger charge is -2.42. The van der Waals surface area contributed by atoms with E-state index in [2.05, 4.69) is 10.1 Å². The van der Waals surface area contributed by atoms with Gasteiger partial charge in [0.15, 0.2) is 0 Å².